The summed E-state index contributed by atoms with van der Waals surface area (Å²) in [6, 6.07) is 7.64. The average molecular weight is 298 g/mol. The number of aliphatic hydroxyl groups excluding tert-OH is 1. The Morgan fingerprint density at radius 3 is 2.86 bits per heavy atom. The summed E-state index contributed by atoms with van der Waals surface area (Å²) < 4.78 is 1.78. The Bertz CT molecular complexity index is 770. The number of aromatic nitrogens is 4. The topological polar surface area (TPSA) is 87.4 Å². The van der Waals surface area contributed by atoms with E-state index in [0.717, 1.165) is 29.3 Å². The van der Waals surface area contributed by atoms with Gasteiger partial charge < -0.3 is 15.7 Å². The summed E-state index contributed by atoms with van der Waals surface area (Å²) in [5, 5.41) is 19.7. The first kappa shape index (κ1) is 14.3. The molecule has 0 saturated heterocycles. The summed E-state index contributed by atoms with van der Waals surface area (Å²) in [5.41, 5.74) is 2.65. The van der Waals surface area contributed by atoms with E-state index in [4.69, 9.17) is 5.11 Å². The minimum atomic E-state index is 0.0624. The molecule has 3 N–H and O–H groups in total. The lowest BCUT2D eigenvalue weighted by atomic mass is 10.2. The number of hydrogen-bond acceptors (Lipinski definition) is 6. The molecule has 3 heterocycles. The Morgan fingerprint density at radius 1 is 1.14 bits per heavy atom. The molecule has 114 valence electrons. The highest BCUT2D eigenvalue weighted by atomic mass is 16.3. The largest absolute Gasteiger partial charge is 0.395 e. The maximum Gasteiger partial charge on any atom is 0.154 e. The van der Waals surface area contributed by atoms with Gasteiger partial charge in [0.15, 0.2) is 5.65 Å². The molecule has 0 bridgehead atoms. The van der Waals surface area contributed by atoms with Crippen molar-refractivity contribution in [1.82, 2.24) is 19.6 Å². The molecule has 3 aromatic rings. The van der Waals surface area contributed by atoms with Crippen molar-refractivity contribution < 1.29 is 5.11 Å². The molecule has 0 aliphatic carbocycles. The van der Waals surface area contributed by atoms with Gasteiger partial charge in [0.25, 0.3) is 0 Å². The second-order valence-electron chi connectivity index (χ2n) is 4.74. The molecule has 0 aliphatic heterocycles. The van der Waals surface area contributed by atoms with Crippen LogP contribution in [0.25, 0.3) is 16.9 Å². The zero-order chi connectivity index (χ0) is 15.4. The zero-order valence-electron chi connectivity index (χ0n) is 12.3. The Morgan fingerprint density at radius 2 is 2.05 bits per heavy atom. The number of anilines is 2. The standard InChI is InChI=1S/C15H18N6O/c1-2-16-14-9-11(5-6-17-14)12-10-19-15-4-3-13(18-7-8-22)20-21(12)15/h3-6,9-10,22H,2,7-8H2,1H3,(H,16,17)(H,18,20). The zero-order valence-corrected chi connectivity index (χ0v) is 12.3. The first-order chi connectivity index (χ1) is 10.8. The van der Waals surface area contributed by atoms with Gasteiger partial charge in [-0.25, -0.2) is 14.5 Å². The summed E-state index contributed by atoms with van der Waals surface area (Å²) in [5.74, 6) is 1.52. The van der Waals surface area contributed by atoms with E-state index in [1.807, 2.05) is 31.2 Å². The van der Waals surface area contributed by atoms with Crippen LogP contribution in [0.15, 0.2) is 36.7 Å². The van der Waals surface area contributed by atoms with E-state index in [0.29, 0.717) is 12.4 Å². The van der Waals surface area contributed by atoms with E-state index in [2.05, 4.69) is 25.7 Å². The SMILES string of the molecule is CCNc1cc(-c2cnc3ccc(NCCO)nn23)ccn1. The van der Waals surface area contributed by atoms with Gasteiger partial charge in [0.05, 0.1) is 18.5 Å². The maximum atomic E-state index is 8.89. The summed E-state index contributed by atoms with van der Waals surface area (Å²) in [4.78, 5) is 8.65. The number of pyridine rings is 1. The first-order valence-corrected chi connectivity index (χ1v) is 7.21. The molecule has 0 spiro atoms. The third-order valence-corrected chi connectivity index (χ3v) is 3.19. The van der Waals surface area contributed by atoms with Crippen molar-refractivity contribution in [1.29, 1.82) is 0 Å². The van der Waals surface area contributed by atoms with E-state index < -0.39 is 0 Å². The Balaban J connectivity index is 2.00. The monoisotopic (exact) mass is 298 g/mol. The van der Waals surface area contributed by atoms with Crippen molar-refractivity contribution in [2.24, 2.45) is 0 Å². The molecular weight excluding hydrogens is 280 g/mol. The van der Waals surface area contributed by atoms with Crippen molar-refractivity contribution in [3.05, 3.63) is 36.7 Å². The molecule has 0 atom stereocenters. The highest BCUT2D eigenvalue weighted by Gasteiger charge is 2.09. The van der Waals surface area contributed by atoms with Crippen molar-refractivity contribution in [3.8, 4) is 11.3 Å². The second kappa shape index (κ2) is 6.40. The van der Waals surface area contributed by atoms with Crippen LogP contribution in [-0.2, 0) is 0 Å². The highest BCUT2D eigenvalue weighted by Crippen LogP contribution is 2.22. The average Bonchev–Trinajstić information content (AvgIpc) is 2.96. The van der Waals surface area contributed by atoms with Crippen LogP contribution in [0.5, 0.6) is 0 Å². The van der Waals surface area contributed by atoms with Crippen LogP contribution in [0.1, 0.15) is 6.92 Å². The molecule has 0 saturated carbocycles. The normalized spacial score (nSPS) is 10.8. The molecule has 0 aliphatic rings. The Labute approximate surface area is 128 Å². The van der Waals surface area contributed by atoms with Crippen molar-refractivity contribution in [2.45, 2.75) is 6.92 Å². The molecule has 3 rings (SSSR count). The fourth-order valence-corrected chi connectivity index (χ4v) is 2.22. The van der Waals surface area contributed by atoms with Gasteiger partial charge in [0, 0.05) is 24.8 Å². The minimum absolute atomic E-state index is 0.0624. The van der Waals surface area contributed by atoms with E-state index in [1.165, 1.54) is 0 Å². The molecule has 0 radical (unpaired) electrons. The molecule has 7 nitrogen and oxygen atoms in total. The number of nitrogens with one attached hydrogen (secondary N) is 2. The van der Waals surface area contributed by atoms with Crippen molar-refractivity contribution >= 4 is 17.3 Å². The van der Waals surface area contributed by atoms with Gasteiger partial charge in [0.2, 0.25) is 0 Å². The predicted molar refractivity (Wildman–Crippen MR) is 86.0 cm³/mol. The quantitative estimate of drug-likeness (QED) is 0.641. The van der Waals surface area contributed by atoms with Gasteiger partial charge in [-0.1, -0.05) is 0 Å². The molecule has 0 unspecified atom stereocenters. The summed E-state index contributed by atoms with van der Waals surface area (Å²) in [6.07, 6.45) is 3.56. The van der Waals surface area contributed by atoms with Crippen LogP contribution in [-0.4, -0.2) is 44.4 Å². The number of aliphatic hydroxyl groups is 1. The molecule has 0 amide bonds. The fourth-order valence-electron chi connectivity index (χ4n) is 2.22. The van der Waals surface area contributed by atoms with Crippen molar-refractivity contribution in [2.75, 3.05) is 30.3 Å². The molecule has 3 aromatic heterocycles. The lowest BCUT2D eigenvalue weighted by Gasteiger charge is -2.07. The lowest BCUT2D eigenvalue weighted by molar-refractivity contribution is 0.311. The Hall–Kier alpha value is -2.67. The molecular formula is C15H18N6O. The number of rotatable bonds is 6. The van der Waals surface area contributed by atoms with E-state index in [9.17, 15) is 0 Å². The number of imidazole rings is 1. The van der Waals surface area contributed by atoms with E-state index in [1.54, 1.807) is 16.9 Å². The third kappa shape index (κ3) is 2.84. The number of fused-ring (bicyclic) bond motifs is 1. The van der Waals surface area contributed by atoms with Crippen LogP contribution in [0, 0.1) is 0 Å². The van der Waals surface area contributed by atoms with Gasteiger partial charge in [-0.15, -0.1) is 5.10 Å². The van der Waals surface area contributed by atoms with Gasteiger partial charge in [0.1, 0.15) is 11.6 Å². The van der Waals surface area contributed by atoms with Crippen LogP contribution >= 0.6 is 0 Å². The van der Waals surface area contributed by atoms with Gasteiger partial charge in [-0.05, 0) is 31.2 Å². The van der Waals surface area contributed by atoms with Crippen LogP contribution < -0.4 is 10.6 Å². The minimum Gasteiger partial charge on any atom is -0.395 e. The van der Waals surface area contributed by atoms with E-state index in [-0.39, 0.29) is 6.61 Å². The van der Waals surface area contributed by atoms with Crippen LogP contribution in [0.3, 0.4) is 0 Å². The highest BCUT2D eigenvalue weighted by molar-refractivity contribution is 5.66. The summed E-state index contributed by atoms with van der Waals surface area (Å²) in [6.45, 7) is 3.37. The summed E-state index contributed by atoms with van der Waals surface area (Å²) in [7, 11) is 0. The summed E-state index contributed by atoms with van der Waals surface area (Å²) >= 11 is 0. The third-order valence-electron chi connectivity index (χ3n) is 3.19. The molecule has 0 fully saturated rings. The first-order valence-electron chi connectivity index (χ1n) is 7.21. The van der Waals surface area contributed by atoms with Crippen LogP contribution in [0.2, 0.25) is 0 Å². The maximum absolute atomic E-state index is 8.89. The molecule has 7 heteroatoms. The Kier molecular flexibility index (Phi) is 4.15. The predicted octanol–water partition coefficient (Wildman–Crippen LogP) is 1.63. The smallest absolute Gasteiger partial charge is 0.154 e. The van der Waals surface area contributed by atoms with Gasteiger partial charge in [-0.3, -0.25) is 0 Å². The van der Waals surface area contributed by atoms with E-state index >= 15 is 0 Å². The molecule has 0 aromatic carbocycles. The second-order valence-corrected chi connectivity index (χ2v) is 4.74. The fraction of sp³-hybridized carbons (Fsp3) is 0.267. The number of hydrogen-bond donors (Lipinski definition) is 3. The number of nitrogens with zero attached hydrogens (tertiary/aromatic N) is 4. The van der Waals surface area contributed by atoms with Crippen molar-refractivity contribution in [3.63, 3.8) is 0 Å². The van der Waals surface area contributed by atoms with Crippen LogP contribution in [0.4, 0.5) is 11.6 Å². The van der Waals surface area contributed by atoms with Gasteiger partial charge >= 0.3 is 0 Å². The molecule has 22 heavy (non-hydrogen) atoms. The van der Waals surface area contributed by atoms with Gasteiger partial charge in [-0.2, -0.15) is 0 Å². The lowest BCUT2D eigenvalue weighted by Crippen LogP contribution is -2.08.